The number of aromatic nitrogens is 3. The van der Waals surface area contributed by atoms with Gasteiger partial charge in [0.25, 0.3) is 5.56 Å². The molecule has 0 atom stereocenters. The lowest BCUT2D eigenvalue weighted by molar-refractivity contribution is -0.140. The second kappa shape index (κ2) is 7.81. The van der Waals surface area contributed by atoms with Crippen molar-refractivity contribution in [2.75, 3.05) is 5.32 Å². The van der Waals surface area contributed by atoms with Crippen LogP contribution in [0.1, 0.15) is 11.1 Å². The van der Waals surface area contributed by atoms with Gasteiger partial charge < -0.3 is 5.32 Å². The first-order valence-corrected chi connectivity index (χ1v) is 10.7. The summed E-state index contributed by atoms with van der Waals surface area (Å²) < 4.78 is 69.3. The Bertz CT molecular complexity index is 1410. The number of thiophene rings is 1. The first-order valence-electron chi connectivity index (χ1n) is 8.92. The molecule has 0 bridgehead atoms. The molecule has 0 aliphatic carbocycles. The Labute approximate surface area is 184 Å². The molecule has 1 N–H and O–H groups in total. The molecule has 0 aliphatic rings. The van der Waals surface area contributed by atoms with Gasteiger partial charge in [-0.1, -0.05) is 0 Å². The van der Waals surface area contributed by atoms with Crippen LogP contribution in [0.5, 0.6) is 0 Å². The summed E-state index contributed by atoms with van der Waals surface area (Å²) >= 11 is 2.22. The van der Waals surface area contributed by atoms with Crippen LogP contribution >= 0.6 is 22.7 Å². The number of anilines is 1. The molecule has 0 radical (unpaired) electrons. The maximum atomic E-state index is 14.2. The van der Waals surface area contributed by atoms with Crippen molar-refractivity contribution < 1.29 is 26.7 Å². The largest absolute Gasteiger partial charge is 0.419 e. The molecule has 0 aliphatic heterocycles. The van der Waals surface area contributed by atoms with Gasteiger partial charge in [0.15, 0.2) is 16.8 Å². The second-order valence-corrected chi connectivity index (χ2v) is 8.56. The number of rotatable bonds is 4. The van der Waals surface area contributed by atoms with E-state index in [-0.39, 0.29) is 22.8 Å². The number of hydrogen-bond acceptors (Lipinski definition) is 5. The number of carbonyl (C=O) groups excluding carboxylic acids is 1. The van der Waals surface area contributed by atoms with Crippen molar-refractivity contribution in [3.05, 3.63) is 56.0 Å². The van der Waals surface area contributed by atoms with E-state index in [1.165, 1.54) is 21.4 Å². The monoisotopic (exact) mass is 488 g/mol. The minimum atomic E-state index is -5.03. The Morgan fingerprint density at radius 1 is 1.09 bits per heavy atom. The van der Waals surface area contributed by atoms with Gasteiger partial charge in [-0.15, -0.1) is 22.7 Å². The molecule has 4 rings (SSSR count). The van der Waals surface area contributed by atoms with E-state index in [1.807, 2.05) is 0 Å². The summed E-state index contributed by atoms with van der Waals surface area (Å²) in [7, 11) is 3.34. The van der Waals surface area contributed by atoms with E-state index < -0.39 is 34.8 Å². The van der Waals surface area contributed by atoms with Gasteiger partial charge in [0.2, 0.25) is 5.91 Å². The standard InChI is InChI=1S/C19H13F5N4O2S2/c1-27-16(30)13-8(6-31-17(13)28(27)2)5-12(29)26-18-25-11(7-32-18)9-3-4-10(19(22,23)24)15(21)14(9)20/h3-4,6-7H,5H2,1-2H3,(H,25,26,29). The van der Waals surface area contributed by atoms with E-state index in [2.05, 4.69) is 10.3 Å². The van der Waals surface area contributed by atoms with Gasteiger partial charge in [0.1, 0.15) is 4.83 Å². The van der Waals surface area contributed by atoms with Crippen LogP contribution in [0.4, 0.5) is 27.1 Å². The maximum Gasteiger partial charge on any atom is 0.419 e. The number of halogens is 5. The van der Waals surface area contributed by atoms with E-state index in [0.29, 0.717) is 17.0 Å². The maximum absolute atomic E-state index is 14.2. The third-order valence-electron chi connectivity index (χ3n) is 4.86. The fraction of sp³-hybridized carbons (Fsp3) is 0.211. The van der Waals surface area contributed by atoms with E-state index >= 15 is 0 Å². The Kier molecular flexibility index (Phi) is 5.41. The molecule has 13 heteroatoms. The summed E-state index contributed by atoms with van der Waals surface area (Å²) in [5.74, 6) is -4.18. The Hall–Kier alpha value is -3.06. The summed E-state index contributed by atoms with van der Waals surface area (Å²) in [5.41, 5.74) is -1.99. The molecule has 3 aromatic heterocycles. The molecule has 6 nitrogen and oxygen atoms in total. The molecule has 1 aromatic carbocycles. The molecule has 0 unspecified atom stereocenters. The number of aryl methyl sites for hydroxylation is 1. The lowest BCUT2D eigenvalue weighted by Gasteiger charge is -2.10. The predicted octanol–water partition coefficient (Wildman–Crippen LogP) is 4.54. The van der Waals surface area contributed by atoms with Crippen LogP contribution in [0.2, 0.25) is 0 Å². The molecule has 32 heavy (non-hydrogen) atoms. The quantitative estimate of drug-likeness (QED) is 0.429. The smallest absolute Gasteiger partial charge is 0.302 e. The van der Waals surface area contributed by atoms with Crippen LogP contribution in [0, 0.1) is 11.6 Å². The fourth-order valence-electron chi connectivity index (χ4n) is 3.17. The molecular weight excluding hydrogens is 475 g/mol. The highest BCUT2D eigenvalue weighted by atomic mass is 32.1. The van der Waals surface area contributed by atoms with Crippen molar-refractivity contribution in [1.82, 2.24) is 14.3 Å². The molecule has 3 heterocycles. The van der Waals surface area contributed by atoms with Gasteiger partial charge in [0, 0.05) is 25.0 Å². The zero-order valence-electron chi connectivity index (χ0n) is 16.4. The number of thiazole rings is 1. The molecule has 4 aromatic rings. The van der Waals surface area contributed by atoms with Gasteiger partial charge in [-0.2, -0.15) is 13.2 Å². The summed E-state index contributed by atoms with van der Waals surface area (Å²) in [4.78, 5) is 29.5. The summed E-state index contributed by atoms with van der Waals surface area (Å²) in [5, 5.41) is 6.00. The van der Waals surface area contributed by atoms with Gasteiger partial charge in [-0.25, -0.2) is 13.8 Å². The fourth-order valence-corrected chi connectivity index (χ4v) is 4.96. The van der Waals surface area contributed by atoms with Gasteiger partial charge in [0.05, 0.1) is 23.1 Å². The second-order valence-electron chi connectivity index (χ2n) is 6.84. The lowest BCUT2D eigenvalue weighted by atomic mass is 10.1. The van der Waals surface area contributed by atoms with Crippen molar-refractivity contribution >= 4 is 43.9 Å². The Morgan fingerprint density at radius 3 is 2.50 bits per heavy atom. The van der Waals surface area contributed by atoms with Crippen LogP contribution in [0.15, 0.2) is 27.7 Å². The van der Waals surface area contributed by atoms with Crippen LogP contribution in [0.3, 0.4) is 0 Å². The van der Waals surface area contributed by atoms with Gasteiger partial charge in [-0.3, -0.25) is 19.0 Å². The molecule has 0 spiro atoms. The van der Waals surface area contributed by atoms with Crippen molar-refractivity contribution in [2.24, 2.45) is 14.1 Å². The van der Waals surface area contributed by atoms with Gasteiger partial charge in [-0.05, 0) is 23.1 Å². The number of nitrogens with one attached hydrogen (secondary N) is 1. The van der Waals surface area contributed by atoms with Crippen molar-refractivity contribution in [1.29, 1.82) is 0 Å². The number of carbonyl (C=O) groups is 1. The average molecular weight is 488 g/mol. The number of amides is 1. The van der Waals surface area contributed by atoms with Crippen molar-refractivity contribution in [3.63, 3.8) is 0 Å². The van der Waals surface area contributed by atoms with E-state index in [4.69, 9.17) is 0 Å². The highest BCUT2D eigenvalue weighted by Gasteiger charge is 2.36. The normalized spacial score (nSPS) is 12.0. The zero-order chi connectivity index (χ0) is 23.4. The molecule has 168 valence electrons. The molecule has 0 fully saturated rings. The minimum absolute atomic E-state index is 0.0529. The lowest BCUT2D eigenvalue weighted by Crippen LogP contribution is -2.18. The third-order valence-corrected chi connectivity index (χ3v) is 6.72. The minimum Gasteiger partial charge on any atom is -0.302 e. The van der Waals surface area contributed by atoms with E-state index in [0.717, 1.165) is 22.2 Å². The van der Waals surface area contributed by atoms with Crippen LogP contribution in [0.25, 0.3) is 21.5 Å². The SMILES string of the molecule is Cn1c(=O)c2c(CC(=O)Nc3nc(-c4ccc(C(F)(F)F)c(F)c4F)cs3)csc2n1C. The highest BCUT2D eigenvalue weighted by molar-refractivity contribution is 7.17. The molecule has 0 saturated heterocycles. The van der Waals surface area contributed by atoms with Gasteiger partial charge >= 0.3 is 6.18 Å². The summed E-state index contributed by atoms with van der Waals surface area (Å²) in [6.45, 7) is 0. The molecule has 0 saturated carbocycles. The number of hydrogen-bond donors (Lipinski definition) is 1. The summed E-state index contributed by atoms with van der Waals surface area (Å²) in [6, 6.07) is 1.22. The average Bonchev–Trinajstić information content (AvgIpc) is 3.38. The van der Waals surface area contributed by atoms with Crippen LogP contribution in [-0.4, -0.2) is 20.3 Å². The topological polar surface area (TPSA) is 68.9 Å². The molecular formula is C19H13F5N4O2S2. The first kappa shape index (κ1) is 22.1. The zero-order valence-corrected chi connectivity index (χ0v) is 18.0. The Balaban J connectivity index is 1.54. The van der Waals surface area contributed by atoms with Crippen LogP contribution < -0.4 is 10.9 Å². The molecule has 1 amide bonds. The Morgan fingerprint density at radius 2 is 1.81 bits per heavy atom. The van der Waals surface area contributed by atoms with Crippen molar-refractivity contribution in [3.8, 4) is 11.3 Å². The van der Waals surface area contributed by atoms with E-state index in [1.54, 1.807) is 24.2 Å². The number of alkyl halides is 3. The first-order chi connectivity index (χ1) is 15.0. The van der Waals surface area contributed by atoms with Crippen molar-refractivity contribution in [2.45, 2.75) is 12.6 Å². The number of benzene rings is 1. The predicted molar refractivity (Wildman–Crippen MR) is 111 cm³/mol. The van der Waals surface area contributed by atoms with Crippen LogP contribution in [-0.2, 0) is 31.5 Å². The summed E-state index contributed by atoms with van der Waals surface area (Å²) in [6.07, 6.45) is -5.14. The van der Waals surface area contributed by atoms with E-state index in [9.17, 15) is 31.5 Å². The highest BCUT2D eigenvalue weighted by Crippen LogP contribution is 2.36. The third kappa shape index (κ3) is 3.71. The number of nitrogens with zero attached hydrogens (tertiary/aromatic N) is 3. The number of fused-ring (bicyclic) bond motifs is 1.